The molecule has 2 fully saturated rings. The average Bonchev–Trinajstić information content (AvgIpc) is 3.49. The summed E-state index contributed by atoms with van der Waals surface area (Å²) in [6.45, 7) is 1.44. The lowest BCUT2D eigenvalue weighted by Crippen LogP contribution is -2.41. The van der Waals surface area contributed by atoms with E-state index in [4.69, 9.17) is 4.74 Å². The normalized spacial score (nSPS) is 18.8. The summed E-state index contributed by atoms with van der Waals surface area (Å²) in [5, 5.41) is 3.02. The summed E-state index contributed by atoms with van der Waals surface area (Å²) < 4.78 is 8.83. The number of hydrogen-bond donors (Lipinski definition) is 0. The van der Waals surface area contributed by atoms with Crippen molar-refractivity contribution < 1.29 is 9.53 Å². The first-order valence-corrected chi connectivity index (χ1v) is 11.2. The Morgan fingerprint density at radius 1 is 1.11 bits per heavy atom. The molecule has 0 radical (unpaired) electrons. The number of aromatic nitrogens is 2. The van der Waals surface area contributed by atoms with E-state index in [1.807, 2.05) is 10.3 Å². The molecule has 0 atom stereocenters. The van der Waals surface area contributed by atoms with Gasteiger partial charge in [0, 0.05) is 48.9 Å². The molecule has 2 aromatic heterocycles. The summed E-state index contributed by atoms with van der Waals surface area (Å²) >= 11 is 1.46. The minimum Gasteiger partial charge on any atom is -0.490 e. The summed E-state index contributed by atoms with van der Waals surface area (Å²) in [5.74, 6) is 1.01. The van der Waals surface area contributed by atoms with Gasteiger partial charge in [0.05, 0.1) is 11.0 Å². The van der Waals surface area contributed by atoms with Crippen LogP contribution in [0.5, 0.6) is 5.75 Å². The highest BCUT2D eigenvalue weighted by molar-refractivity contribution is 7.07. The van der Waals surface area contributed by atoms with Crippen molar-refractivity contribution in [2.24, 2.45) is 0 Å². The Labute approximate surface area is 168 Å². The van der Waals surface area contributed by atoms with Crippen LogP contribution in [0.4, 0.5) is 0 Å². The van der Waals surface area contributed by atoms with E-state index in [0.29, 0.717) is 11.7 Å². The number of hydrogen-bond acceptors (Lipinski definition) is 4. The molecule has 5 rings (SSSR count). The first kappa shape index (κ1) is 17.7. The molecule has 0 spiro atoms. The number of likely N-dealkylation sites (tertiary alicyclic amines) is 1. The number of benzene rings is 1. The number of nitrogens with zero attached hydrogens (tertiary/aromatic N) is 3. The molecule has 3 heterocycles. The highest BCUT2D eigenvalue weighted by Gasteiger charge is 2.26. The van der Waals surface area contributed by atoms with Crippen molar-refractivity contribution in [3.8, 4) is 5.75 Å². The van der Waals surface area contributed by atoms with Crippen LogP contribution in [0, 0.1) is 0 Å². The zero-order valence-corrected chi connectivity index (χ0v) is 16.7. The summed E-state index contributed by atoms with van der Waals surface area (Å²) in [6, 6.07) is 9.21. The smallest absolute Gasteiger partial charge is 0.273 e. The van der Waals surface area contributed by atoms with Crippen LogP contribution in [0.25, 0.3) is 10.9 Å². The largest absolute Gasteiger partial charge is 0.490 e. The predicted molar refractivity (Wildman–Crippen MR) is 111 cm³/mol. The molecule has 2 aliphatic rings. The topological polar surface area (TPSA) is 47.4 Å². The second-order valence-electron chi connectivity index (χ2n) is 7.83. The third-order valence-electron chi connectivity index (χ3n) is 6.12. The van der Waals surface area contributed by atoms with Crippen LogP contribution in [-0.2, 0) is 0 Å². The van der Waals surface area contributed by atoms with Gasteiger partial charge < -0.3 is 14.2 Å². The van der Waals surface area contributed by atoms with Gasteiger partial charge in [-0.1, -0.05) is 18.9 Å². The minimum absolute atomic E-state index is 0.0374. The fourth-order valence-electron chi connectivity index (χ4n) is 4.60. The van der Waals surface area contributed by atoms with E-state index >= 15 is 0 Å². The molecular formula is C22H25N3O2S. The number of carbonyl (C=O) groups excluding carboxylic acids is 1. The second-order valence-corrected chi connectivity index (χ2v) is 8.55. The molecule has 5 nitrogen and oxygen atoms in total. The molecule has 6 heteroatoms. The third kappa shape index (κ3) is 3.30. The van der Waals surface area contributed by atoms with Gasteiger partial charge in [0.15, 0.2) is 0 Å². The zero-order valence-electron chi connectivity index (χ0n) is 15.9. The van der Waals surface area contributed by atoms with Gasteiger partial charge >= 0.3 is 0 Å². The Bertz CT molecular complexity index is 951. The summed E-state index contributed by atoms with van der Waals surface area (Å²) in [5.41, 5.74) is 3.55. The van der Waals surface area contributed by atoms with Crippen LogP contribution in [-0.4, -0.2) is 39.6 Å². The molecule has 0 bridgehead atoms. The summed E-state index contributed by atoms with van der Waals surface area (Å²) in [4.78, 5) is 18.5. The van der Waals surface area contributed by atoms with Crippen LogP contribution >= 0.6 is 11.3 Å². The fraction of sp³-hybridized carbons (Fsp3) is 0.455. The van der Waals surface area contributed by atoms with E-state index < -0.39 is 0 Å². The van der Waals surface area contributed by atoms with Gasteiger partial charge in [-0.3, -0.25) is 4.79 Å². The Kier molecular flexibility index (Phi) is 4.81. The van der Waals surface area contributed by atoms with Crippen LogP contribution in [0.15, 0.2) is 41.4 Å². The van der Waals surface area contributed by atoms with Crippen LogP contribution < -0.4 is 4.74 Å². The van der Waals surface area contributed by atoms with Crippen molar-refractivity contribution in [2.75, 3.05) is 13.1 Å². The van der Waals surface area contributed by atoms with Gasteiger partial charge in [-0.2, -0.15) is 0 Å². The SMILES string of the molecule is O=C(c1cscn1)N1CCC(Oc2cccc3c2ccn3C2CCCC2)CC1. The third-order valence-corrected chi connectivity index (χ3v) is 6.70. The lowest BCUT2D eigenvalue weighted by atomic mass is 10.1. The maximum absolute atomic E-state index is 12.5. The highest BCUT2D eigenvalue weighted by Crippen LogP contribution is 2.36. The molecule has 0 unspecified atom stereocenters. The van der Waals surface area contributed by atoms with Crippen molar-refractivity contribution in [3.05, 3.63) is 47.0 Å². The Balaban J connectivity index is 1.27. The number of thiazole rings is 1. The monoisotopic (exact) mass is 395 g/mol. The highest BCUT2D eigenvalue weighted by atomic mass is 32.1. The number of fused-ring (bicyclic) bond motifs is 1. The van der Waals surface area contributed by atoms with Gasteiger partial charge in [-0.15, -0.1) is 11.3 Å². The molecule has 28 heavy (non-hydrogen) atoms. The zero-order chi connectivity index (χ0) is 18.9. The molecule has 1 saturated carbocycles. The Morgan fingerprint density at radius 3 is 2.68 bits per heavy atom. The van der Waals surface area contributed by atoms with E-state index in [2.05, 4.69) is 40.0 Å². The molecular weight excluding hydrogens is 370 g/mol. The van der Waals surface area contributed by atoms with Gasteiger partial charge in [-0.25, -0.2) is 4.98 Å². The number of ether oxygens (including phenoxy) is 1. The van der Waals surface area contributed by atoms with Gasteiger partial charge in [-0.05, 0) is 31.0 Å². The lowest BCUT2D eigenvalue weighted by Gasteiger charge is -2.32. The summed E-state index contributed by atoms with van der Waals surface area (Å²) in [7, 11) is 0. The predicted octanol–water partition coefficient (Wildman–Crippen LogP) is 4.90. The van der Waals surface area contributed by atoms with Crippen molar-refractivity contribution in [2.45, 2.75) is 50.7 Å². The van der Waals surface area contributed by atoms with Crippen LogP contribution in [0.3, 0.4) is 0 Å². The first-order valence-electron chi connectivity index (χ1n) is 10.2. The standard InChI is InChI=1S/C22H25N3O2S/c26-22(19-14-28-15-23-19)24-11-8-17(9-12-24)27-21-7-3-6-20-18(21)10-13-25(20)16-4-1-2-5-16/h3,6-7,10,13-17H,1-2,4-5,8-9,11-12H2. The van der Waals surface area contributed by atoms with Crippen molar-refractivity contribution in [3.63, 3.8) is 0 Å². The molecule has 0 N–H and O–H groups in total. The lowest BCUT2D eigenvalue weighted by molar-refractivity contribution is 0.0593. The minimum atomic E-state index is 0.0374. The van der Waals surface area contributed by atoms with E-state index in [0.717, 1.165) is 31.7 Å². The van der Waals surface area contributed by atoms with E-state index in [1.54, 1.807) is 5.51 Å². The molecule has 1 amide bonds. The molecule has 1 saturated heterocycles. The quantitative estimate of drug-likeness (QED) is 0.631. The maximum Gasteiger partial charge on any atom is 0.273 e. The van der Waals surface area contributed by atoms with Gasteiger partial charge in [0.2, 0.25) is 0 Å². The molecule has 3 aromatic rings. The molecule has 146 valence electrons. The first-order chi connectivity index (χ1) is 13.8. The Morgan fingerprint density at radius 2 is 1.93 bits per heavy atom. The number of amides is 1. The molecule has 1 aliphatic heterocycles. The fourth-order valence-corrected chi connectivity index (χ4v) is 5.13. The number of carbonyl (C=O) groups is 1. The molecule has 1 aromatic carbocycles. The van der Waals surface area contributed by atoms with E-state index in [1.165, 1.54) is 47.9 Å². The van der Waals surface area contributed by atoms with Crippen LogP contribution in [0.2, 0.25) is 0 Å². The van der Waals surface area contributed by atoms with Crippen molar-refractivity contribution in [1.29, 1.82) is 0 Å². The number of piperidine rings is 1. The van der Waals surface area contributed by atoms with E-state index in [-0.39, 0.29) is 12.0 Å². The van der Waals surface area contributed by atoms with Gasteiger partial charge in [0.25, 0.3) is 5.91 Å². The number of rotatable bonds is 4. The van der Waals surface area contributed by atoms with Crippen molar-refractivity contribution >= 4 is 28.1 Å². The van der Waals surface area contributed by atoms with Crippen molar-refractivity contribution in [1.82, 2.24) is 14.5 Å². The van der Waals surface area contributed by atoms with Crippen LogP contribution in [0.1, 0.15) is 55.1 Å². The molecule has 1 aliphatic carbocycles. The summed E-state index contributed by atoms with van der Waals surface area (Å²) in [6.07, 6.45) is 9.31. The average molecular weight is 396 g/mol. The second kappa shape index (κ2) is 7.59. The maximum atomic E-state index is 12.5. The van der Waals surface area contributed by atoms with E-state index in [9.17, 15) is 4.79 Å². The Hall–Kier alpha value is -2.34. The van der Waals surface area contributed by atoms with Gasteiger partial charge in [0.1, 0.15) is 17.5 Å².